The first-order chi connectivity index (χ1) is 13.2. The number of aromatic nitrogens is 2. The molecule has 1 fully saturated rings. The van der Waals surface area contributed by atoms with Gasteiger partial charge in [0.05, 0.1) is 11.4 Å². The summed E-state index contributed by atoms with van der Waals surface area (Å²) in [6, 6.07) is 12.0. The van der Waals surface area contributed by atoms with E-state index in [9.17, 15) is 9.59 Å². The van der Waals surface area contributed by atoms with Crippen LogP contribution in [0.2, 0.25) is 0 Å². The van der Waals surface area contributed by atoms with Crippen molar-refractivity contribution in [3.05, 3.63) is 69.6 Å². The van der Waals surface area contributed by atoms with E-state index in [-0.39, 0.29) is 16.9 Å². The molecule has 0 aliphatic heterocycles. The molecule has 1 amide bonds. The zero-order valence-electron chi connectivity index (χ0n) is 14.9. The molecule has 5 nitrogen and oxygen atoms in total. The number of amides is 1. The maximum atomic E-state index is 12.3. The third kappa shape index (κ3) is 3.94. The molecule has 3 aromatic rings. The van der Waals surface area contributed by atoms with E-state index in [1.807, 2.05) is 11.4 Å². The molecule has 1 saturated carbocycles. The van der Waals surface area contributed by atoms with Gasteiger partial charge in [-0.3, -0.25) is 14.0 Å². The first kappa shape index (κ1) is 18.3. The van der Waals surface area contributed by atoms with Crippen LogP contribution in [0.3, 0.4) is 0 Å². The van der Waals surface area contributed by atoms with Crippen LogP contribution in [0.4, 0.5) is 0 Å². The first-order valence-corrected chi connectivity index (χ1v) is 11.1. The Bertz CT molecular complexity index is 993. The topological polar surface area (TPSA) is 63.5 Å². The first-order valence-electron chi connectivity index (χ1n) is 9.02. The third-order valence-electron chi connectivity index (χ3n) is 5.16. The molecule has 0 atom stereocenters. The average molecular weight is 400 g/mol. The second-order valence-electron chi connectivity index (χ2n) is 6.91. The van der Waals surface area contributed by atoms with Crippen molar-refractivity contribution in [1.82, 2.24) is 14.7 Å². The zero-order chi connectivity index (χ0) is 18.7. The molecule has 0 spiro atoms. The summed E-state index contributed by atoms with van der Waals surface area (Å²) in [6.07, 6.45) is 5.19. The molecule has 1 aliphatic carbocycles. The molecule has 140 valence electrons. The van der Waals surface area contributed by atoms with Crippen molar-refractivity contribution in [2.75, 3.05) is 12.3 Å². The van der Waals surface area contributed by atoms with E-state index in [1.165, 1.54) is 39.5 Å². The van der Waals surface area contributed by atoms with Gasteiger partial charge < -0.3 is 5.32 Å². The van der Waals surface area contributed by atoms with Crippen molar-refractivity contribution in [3.63, 3.8) is 0 Å². The second-order valence-corrected chi connectivity index (χ2v) is 8.77. The highest BCUT2D eigenvalue weighted by molar-refractivity contribution is 7.99. The van der Waals surface area contributed by atoms with E-state index in [2.05, 4.69) is 34.6 Å². The number of benzene rings is 1. The lowest BCUT2D eigenvalue weighted by Crippen LogP contribution is -2.46. The molecule has 2 aromatic heterocycles. The van der Waals surface area contributed by atoms with Gasteiger partial charge in [-0.2, -0.15) is 0 Å². The molecule has 7 heteroatoms. The molecule has 0 radical (unpaired) electrons. The Hall–Kier alpha value is -2.12. The van der Waals surface area contributed by atoms with Crippen LogP contribution in [0.25, 0.3) is 4.96 Å². The average Bonchev–Trinajstić information content (AvgIpc) is 3.11. The molecule has 0 bridgehead atoms. The number of hydrogen-bond donors (Lipinski definition) is 1. The molecule has 1 aromatic carbocycles. The highest BCUT2D eigenvalue weighted by Gasteiger charge is 2.38. The summed E-state index contributed by atoms with van der Waals surface area (Å²) in [5.41, 5.74) is 2.07. The largest absolute Gasteiger partial charge is 0.354 e. The minimum atomic E-state index is -0.0731. The SMILES string of the molecule is O=C(CSCc1cc(=O)n2ccsc2n1)NCC1(c2ccccc2)CCC1. The summed E-state index contributed by atoms with van der Waals surface area (Å²) in [5.74, 6) is 0.966. The highest BCUT2D eigenvalue weighted by Crippen LogP contribution is 2.43. The number of fused-ring (bicyclic) bond motifs is 1. The Labute approximate surface area is 165 Å². The van der Waals surface area contributed by atoms with Gasteiger partial charge in [0.25, 0.3) is 5.56 Å². The molecule has 1 aliphatic rings. The highest BCUT2D eigenvalue weighted by atomic mass is 32.2. The zero-order valence-corrected chi connectivity index (χ0v) is 16.5. The Morgan fingerprint density at radius 2 is 2.11 bits per heavy atom. The number of carbonyl (C=O) groups excluding carboxylic acids is 1. The van der Waals surface area contributed by atoms with Crippen molar-refractivity contribution < 1.29 is 4.79 Å². The second kappa shape index (κ2) is 7.86. The summed E-state index contributed by atoms with van der Waals surface area (Å²) < 4.78 is 1.53. The minimum Gasteiger partial charge on any atom is -0.354 e. The molecular weight excluding hydrogens is 378 g/mol. The molecule has 27 heavy (non-hydrogen) atoms. The summed E-state index contributed by atoms with van der Waals surface area (Å²) in [5, 5.41) is 4.95. The van der Waals surface area contributed by atoms with Crippen LogP contribution in [0, 0.1) is 0 Å². The van der Waals surface area contributed by atoms with E-state index >= 15 is 0 Å². The molecular formula is C20H21N3O2S2. The number of nitrogens with one attached hydrogen (secondary N) is 1. The fourth-order valence-corrected chi connectivity index (χ4v) is 4.98. The van der Waals surface area contributed by atoms with Crippen LogP contribution in [0.15, 0.2) is 52.8 Å². The van der Waals surface area contributed by atoms with Crippen LogP contribution in [0.1, 0.15) is 30.5 Å². The number of thiazole rings is 1. The van der Waals surface area contributed by atoms with Gasteiger partial charge in [-0.25, -0.2) is 4.98 Å². The van der Waals surface area contributed by atoms with Crippen molar-refractivity contribution >= 4 is 34.0 Å². The lowest BCUT2D eigenvalue weighted by Gasteiger charge is -2.42. The van der Waals surface area contributed by atoms with Crippen LogP contribution < -0.4 is 10.9 Å². The Morgan fingerprint density at radius 3 is 2.85 bits per heavy atom. The maximum absolute atomic E-state index is 12.3. The summed E-state index contributed by atoms with van der Waals surface area (Å²) in [7, 11) is 0. The van der Waals surface area contributed by atoms with Gasteiger partial charge in [0.1, 0.15) is 0 Å². The van der Waals surface area contributed by atoms with E-state index in [0.717, 1.165) is 18.5 Å². The normalized spacial score (nSPS) is 15.4. The van der Waals surface area contributed by atoms with Crippen molar-refractivity contribution in [2.45, 2.75) is 30.4 Å². The van der Waals surface area contributed by atoms with Gasteiger partial charge in [0.2, 0.25) is 5.91 Å². The van der Waals surface area contributed by atoms with E-state index in [1.54, 1.807) is 12.3 Å². The number of rotatable bonds is 7. The van der Waals surface area contributed by atoms with Gasteiger partial charge in [-0.1, -0.05) is 36.8 Å². The number of hydrogen-bond acceptors (Lipinski definition) is 5. The van der Waals surface area contributed by atoms with Gasteiger partial charge in [-0.05, 0) is 18.4 Å². The standard InChI is InChI=1S/C20H21N3O2S2/c24-17(21-14-20(7-4-8-20)15-5-2-1-3-6-15)13-26-12-16-11-18(25)23-9-10-27-19(23)22-16/h1-3,5-6,9-11H,4,7-8,12-14H2,(H,21,24). The number of nitrogens with zero attached hydrogens (tertiary/aromatic N) is 2. The third-order valence-corrected chi connectivity index (χ3v) is 6.88. The summed E-state index contributed by atoms with van der Waals surface area (Å²) in [4.78, 5) is 29.4. The molecule has 4 rings (SSSR count). The number of carbonyl (C=O) groups is 1. The number of thioether (sulfide) groups is 1. The predicted octanol–water partition coefficient (Wildman–Crippen LogP) is 3.23. The lowest BCUT2D eigenvalue weighted by atomic mass is 9.64. The van der Waals surface area contributed by atoms with Crippen molar-refractivity contribution in [3.8, 4) is 0 Å². The van der Waals surface area contributed by atoms with Gasteiger partial charge in [0, 0.05) is 35.4 Å². The Balaban J connectivity index is 1.29. The summed E-state index contributed by atoms with van der Waals surface area (Å²) in [6.45, 7) is 0.692. The molecule has 1 N–H and O–H groups in total. The van der Waals surface area contributed by atoms with E-state index < -0.39 is 0 Å². The van der Waals surface area contributed by atoms with Gasteiger partial charge in [-0.15, -0.1) is 23.1 Å². The van der Waals surface area contributed by atoms with Gasteiger partial charge in [0.15, 0.2) is 4.96 Å². The van der Waals surface area contributed by atoms with Crippen molar-refractivity contribution in [2.24, 2.45) is 0 Å². The van der Waals surface area contributed by atoms with Crippen LogP contribution in [-0.4, -0.2) is 27.6 Å². The predicted molar refractivity (Wildman–Crippen MR) is 110 cm³/mol. The smallest absolute Gasteiger partial charge is 0.258 e. The fourth-order valence-electron chi connectivity index (χ4n) is 3.49. The summed E-state index contributed by atoms with van der Waals surface area (Å²) >= 11 is 2.92. The van der Waals surface area contributed by atoms with Gasteiger partial charge >= 0.3 is 0 Å². The van der Waals surface area contributed by atoms with Crippen LogP contribution in [0.5, 0.6) is 0 Å². The quantitative estimate of drug-likeness (QED) is 0.663. The Kier molecular flexibility index (Phi) is 5.31. The molecule has 0 unspecified atom stereocenters. The maximum Gasteiger partial charge on any atom is 0.258 e. The lowest BCUT2D eigenvalue weighted by molar-refractivity contribution is -0.119. The molecule has 2 heterocycles. The fraction of sp³-hybridized carbons (Fsp3) is 0.350. The molecule has 0 saturated heterocycles. The monoisotopic (exact) mass is 399 g/mol. The Morgan fingerprint density at radius 1 is 1.30 bits per heavy atom. The van der Waals surface area contributed by atoms with E-state index in [4.69, 9.17) is 0 Å². The minimum absolute atomic E-state index is 0.0381. The van der Waals surface area contributed by atoms with Crippen LogP contribution in [-0.2, 0) is 16.0 Å². The van der Waals surface area contributed by atoms with Crippen molar-refractivity contribution in [1.29, 1.82) is 0 Å². The van der Waals surface area contributed by atoms with E-state index in [0.29, 0.717) is 23.0 Å². The van der Waals surface area contributed by atoms with Crippen LogP contribution >= 0.6 is 23.1 Å².